The van der Waals surface area contributed by atoms with Crippen LogP contribution in [-0.4, -0.2) is 17.3 Å². The van der Waals surface area contributed by atoms with Crippen molar-refractivity contribution >= 4 is 11.6 Å². The maximum absolute atomic E-state index is 8.70. The Bertz CT molecular complexity index is 150. The molecule has 1 rings (SSSR count). The van der Waals surface area contributed by atoms with Crippen LogP contribution in [-0.2, 0) is 0 Å². The van der Waals surface area contributed by atoms with Crippen molar-refractivity contribution in [2.45, 2.75) is 0 Å². The van der Waals surface area contributed by atoms with Crippen LogP contribution in [0, 0.1) is 0 Å². The van der Waals surface area contributed by atoms with Crippen molar-refractivity contribution < 1.29 is 10.2 Å². The molecule has 2 N–H and O–H groups in total. The van der Waals surface area contributed by atoms with E-state index in [0.29, 0.717) is 5.02 Å². The zero-order valence-corrected chi connectivity index (χ0v) is 6.34. The van der Waals surface area contributed by atoms with Gasteiger partial charge in [0.2, 0.25) is 0 Å². The predicted octanol–water partition coefficient (Wildman–Crippen LogP) is 1.65. The van der Waals surface area contributed by atoms with Gasteiger partial charge in [0.05, 0.1) is 0 Å². The fourth-order valence-corrected chi connectivity index (χ4v) is 0.567. The molecule has 0 saturated carbocycles. The number of rotatable bonds is 0. The van der Waals surface area contributed by atoms with Crippen molar-refractivity contribution in [1.29, 1.82) is 0 Å². The van der Waals surface area contributed by atoms with Crippen LogP contribution in [0.3, 0.4) is 0 Å². The largest absolute Gasteiger partial charge is 0.508 e. The number of phenols is 1. The first-order chi connectivity index (χ1) is 4.79. The second kappa shape index (κ2) is 5.09. The molecule has 56 valence electrons. The first kappa shape index (κ1) is 9.27. The summed E-state index contributed by atoms with van der Waals surface area (Å²) in [7, 11) is 1.00. The Balaban J connectivity index is 0.000000371. The number of aromatic hydroxyl groups is 1. The van der Waals surface area contributed by atoms with Gasteiger partial charge in [0, 0.05) is 12.1 Å². The number of benzene rings is 1. The highest BCUT2D eigenvalue weighted by molar-refractivity contribution is 6.30. The molecule has 0 amide bonds. The quantitative estimate of drug-likeness (QED) is 0.606. The van der Waals surface area contributed by atoms with E-state index in [1.165, 1.54) is 0 Å². The lowest BCUT2D eigenvalue weighted by Gasteiger charge is -1.87. The van der Waals surface area contributed by atoms with Crippen LogP contribution in [0.5, 0.6) is 5.75 Å². The third kappa shape index (κ3) is 3.33. The van der Waals surface area contributed by atoms with E-state index >= 15 is 0 Å². The van der Waals surface area contributed by atoms with E-state index in [2.05, 4.69) is 0 Å². The smallest absolute Gasteiger partial charge is 0.115 e. The molecule has 3 heteroatoms. The molecule has 1 aromatic rings. The molecular formula is C7H9ClO2. The zero-order valence-electron chi connectivity index (χ0n) is 5.58. The fraction of sp³-hybridized carbons (Fsp3) is 0.143. The van der Waals surface area contributed by atoms with E-state index in [1.54, 1.807) is 24.3 Å². The normalized spacial score (nSPS) is 7.90. The molecule has 0 radical (unpaired) electrons. The second-order valence-corrected chi connectivity index (χ2v) is 1.91. The predicted molar refractivity (Wildman–Crippen MR) is 41.3 cm³/mol. The molecule has 0 heterocycles. The third-order valence-electron chi connectivity index (χ3n) is 0.827. The van der Waals surface area contributed by atoms with Gasteiger partial charge in [-0.3, -0.25) is 0 Å². The molecule has 0 unspecified atom stereocenters. The lowest BCUT2D eigenvalue weighted by atomic mass is 10.3. The molecule has 1 aromatic carbocycles. The SMILES string of the molecule is CO.Oc1ccc(Cl)cc1. The van der Waals surface area contributed by atoms with Gasteiger partial charge in [0.25, 0.3) is 0 Å². The molecule has 0 aliphatic rings. The van der Waals surface area contributed by atoms with Gasteiger partial charge in [-0.1, -0.05) is 11.6 Å². The molecule has 0 aliphatic heterocycles. The van der Waals surface area contributed by atoms with Crippen molar-refractivity contribution in [2.24, 2.45) is 0 Å². The Hall–Kier alpha value is -0.730. The average molecular weight is 161 g/mol. The van der Waals surface area contributed by atoms with Crippen LogP contribution >= 0.6 is 11.6 Å². The minimum absolute atomic E-state index is 0.245. The molecule has 0 spiro atoms. The van der Waals surface area contributed by atoms with Gasteiger partial charge in [-0.2, -0.15) is 0 Å². The molecule has 0 fully saturated rings. The highest BCUT2D eigenvalue weighted by Crippen LogP contribution is 2.12. The number of phenolic OH excluding ortho intramolecular Hbond substituents is 1. The van der Waals surface area contributed by atoms with Gasteiger partial charge < -0.3 is 10.2 Å². The Morgan fingerprint density at radius 3 is 1.80 bits per heavy atom. The standard InChI is InChI=1S/C6H5ClO.CH4O/c7-5-1-3-6(8)4-2-5;1-2/h1-4,8H;2H,1H3. The van der Waals surface area contributed by atoms with E-state index in [9.17, 15) is 0 Å². The van der Waals surface area contributed by atoms with Crippen molar-refractivity contribution in [3.63, 3.8) is 0 Å². The van der Waals surface area contributed by atoms with Gasteiger partial charge in [0.15, 0.2) is 0 Å². The van der Waals surface area contributed by atoms with Crippen LogP contribution in [0.1, 0.15) is 0 Å². The first-order valence-electron chi connectivity index (χ1n) is 2.68. The number of aliphatic hydroxyl groups excluding tert-OH is 1. The summed E-state index contributed by atoms with van der Waals surface area (Å²) in [5, 5.41) is 16.3. The summed E-state index contributed by atoms with van der Waals surface area (Å²) in [5.41, 5.74) is 0. The van der Waals surface area contributed by atoms with Gasteiger partial charge in [-0.15, -0.1) is 0 Å². The summed E-state index contributed by atoms with van der Waals surface area (Å²) in [5.74, 6) is 0.245. The van der Waals surface area contributed by atoms with Gasteiger partial charge in [0.1, 0.15) is 5.75 Å². The maximum atomic E-state index is 8.70. The lowest BCUT2D eigenvalue weighted by molar-refractivity contribution is 0.399. The van der Waals surface area contributed by atoms with Crippen LogP contribution < -0.4 is 0 Å². The molecule has 0 aromatic heterocycles. The van der Waals surface area contributed by atoms with Crippen molar-refractivity contribution in [1.82, 2.24) is 0 Å². The summed E-state index contributed by atoms with van der Waals surface area (Å²) < 4.78 is 0. The Labute approximate surface area is 64.7 Å². The van der Waals surface area contributed by atoms with Gasteiger partial charge in [-0.25, -0.2) is 0 Å². The first-order valence-corrected chi connectivity index (χ1v) is 3.06. The molecule has 0 atom stereocenters. The van der Waals surface area contributed by atoms with Crippen LogP contribution in [0.4, 0.5) is 0 Å². The Morgan fingerprint density at radius 1 is 1.10 bits per heavy atom. The Morgan fingerprint density at radius 2 is 1.50 bits per heavy atom. The van der Waals surface area contributed by atoms with Gasteiger partial charge in [-0.05, 0) is 24.3 Å². The molecule has 2 nitrogen and oxygen atoms in total. The number of aliphatic hydroxyl groups is 1. The summed E-state index contributed by atoms with van der Waals surface area (Å²) in [6, 6.07) is 6.36. The molecular weight excluding hydrogens is 152 g/mol. The molecule has 0 bridgehead atoms. The van der Waals surface area contributed by atoms with E-state index in [-0.39, 0.29) is 5.75 Å². The number of halogens is 1. The molecule has 0 saturated heterocycles. The molecule has 0 aliphatic carbocycles. The minimum Gasteiger partial charge on any atom is -0.508 e. The van der Waals surface area contributed by atoms with E-state index < -0.39 is 0 Å². The van der Waals surface area contributed by atoms with Crippen LogP contribution in [0.25, 0.3) is 0 Å². The lowest BCUT2D eigenvalue weighted by Crippen LogP contribution is -1.61. The molecule has 10 heavy (non-hydrogen) atoms. The second-order valence-electron chi connectivity index (χ2n) is 1.48. The van der Waals surface area contributed by atoms with E-state index in [4.69, 9.17) is 21.8 Å². The topological polar surface area (TPSA) is 40.5 Å². The third-order valence-corrected chi connectivity index (χ3v) is 1.08. The summed E-state index contributed by atoms with van der Waals surface area (Å²) in [4.78, 5) is 0. The highest BCUT2D eigenvalue weighted by Gasteiger charge is 1.84. The highest BCUT2D eigenvalue weighted by atomic mass is 35.5. The summed E-state index contributed by atoms with van der Waals surface area (Å²) >= 11 is 5.50. The van der Waals surface area contributed by atoms with Gasteiger partial charge >= 0.3 is 0 Å². The Kier molecular flexibility index (Phi) is 4.72. The van der Waals surface area contributed by atoms with Crippen molar-refractivity contribution in [3.8, 4) is 5.75 Å². The zero-order chi connectivity index (χ0) is 7.98. The maximum Gasteiger partial charge on any atom is 0.115 e. The number of hydrogen-bond acceptors (Lipinski definition) is 2. The van der Waals surface area contributed by atoms with Crippen molar-refractivity contribution in [3.05, 3.63) is 29.3 Å². The van der Waals surface area contributed by atoms with E-state index in [0.717, 1.165) is 7.11 Å². The van der Waals surface area contributed by atoms with E-state index in [1.807, 2.05) is 0 Å². The average Bonchev–Trinajstić information content (AvgIpc) is 2.00. The van der Waals surface area contributed by atoms with Crippen LogP contribution in [0.15, 0.2) is 24.3 Å². The number of hydrogen-bond donors (Lipinski definition) is 2. The van der Waals surface area contributed by atoms with Crippen molar-refractivity contribution in [2.75, 3.05) is 7.11 Å². The monoisotopic (exact) mass is 160 g/mol. The fourth-order valence-electron chi connectivity index (χ4n) is 0.441. The minimum atomic E-state index is 0.245. The van der Waals surface area contributed by atoms with Crippen LogP contribution in [0.2, 0.25) is 5.02 Å². The summed E-state index contributed by atoms with van der Waals surface area (Å²) in [6.07, 6.45) is 0. The summed E-state index contributed by atoms with van der Waals surface area (Å²) in [6.45, 7) is 0.